The Balaban J connectivity index is 2.14. The van der Waals surface area contributed by atoms with E-state index in [-0.39, 0.29) is 12.2 Å². The zero-order chi connectivity index (χ0) is 7.40. The van der Waals surface area contributed by atoms with Crippen molar-refractivity contribution >= 4 is 0 Å². The Morgan fingerprint density at radius 2 is 2.50 bits per heavy atom. The predicted molar refractivity (Wildman–Crippen MR) is 38.8 cm³/mol. The molecule has 0 aromatic rings. The van der Waals surface area contributed by atoms with Crippen LogP contribution in [0.4, 0.5) is 0 Å². The van der Waals surface area contributed by atoms with Gasteiger partial charge in [-0.2, -0.15) is 0 Å². The van der Waals surface area contributed by atoms with Gasteiger partial charge in [-0.25, -0.2) is 0 Å². The van der Waals surface area contributed by atoms with E-state index in [4.69, 9.17) is 15.2 Å². The van der Waals surface area contributed by atoms with E-state index in [1.54, 1.807) is 0 Å². The zero-order valence-corrected chi connectivity index (χ0v) is 6.38. The standard InChI is InChI=1S/C7H15NO2/c1-6-7(2-4-9-6)10-5-3-8/h6-7H,2-5,8H2,1H3/t6-,7?/m1/s1. The number of nitrogens with two attached hydrogens (primary N) is 1. The van der Waals surface area contributed by atoms with Crippen molar-refractivity contribution in [1.82, 2.24) is 0 Å². The highest BCUT2D eigenvalue weighted by Crippen LogP contribution is 2.15. The third-order valence-corrected chi connectivity index (χ3v) is 1.76. The lowest BCUT2D eigenvalue weighted by Crippen LogP contribution is -2.24. The molecule has 1 aliphatic heterocycles. The van der Waals surface area contributed by atoms with Gasteiger partial charge in [0, 0.05) is 13.2 Å². The van der Waals surface area contributed by atoms with Crippen molar-refractivity contribution in [2.75, 3.05) is 19.8 Å². The Labute approximate surface area is 61.5 Å². The van der Waals surface area contributed by atoms with Crippen LogP contribution in [-0.4, -0.2) is 32.0 Å². The van der Waals surface area contributed by atoms with Gasteiger partial charge in [0.25, 0.3) is 0 Å². The largest absolute Gasteiger partial charge is 0.376 e. The van der Waals surface area contributed by atoms with Gasteiger partial charge in [0.1, 0.15) is 0 Å². The fraction of sp³-hybridized carbons (Fsp3) is 1.00. The molecule has 1 fully saturated rings. The molecule has 0 radical (unpaired) electrons. The molecule has 1 rings (SSSR count). The molecule has 0 aromatic carbocycles. The van der Waals surface area contributed by atoms with E-state index in [9.17, 15) is 0 Å². The Morgan fingerprint density at radius 1 is 1.70 bits per heavy atom. The number of hydrogen-bond acceptors (Lipinski definition) is 3. The highest BCUT2D eigenvalue weighted by molar-refractivity contribution is 4.72. The van der Waals surface area contributed by atoms with Gasteiger partial charge in [-0.05, 0) is 13.3 Å². The Bertz CT molecular complexity index is 97.6. The first-order chi connectivity index (χ1) is 4.84. The normalized spacial score (nSPS) is 33.0. The van der Waals surface area contributed by atoms with Gasteiger partial charge < -0.3 is 15.2 Å². The number of ether oxygens (including phenoxy) is 2. The summed E-state index contributed by atoms with van der Waals surface area (Å²) in [7, 11) is 0. The van der Waals surface area contributed by atoms with Gasteiger partial charge in [0.15, 0.2) is 0 Å². The molecule has 60 valence electrons. The second kappa shape index (κ2) is 3.91. The molecule has 3 heteroatoms. The van der Waals surface area contributed by atoms with Crippen LogP contribution < -0.4 is 5.73 Å². The van der Waals surface area contributed by atoms with Crippen LogP contribution in [0.25, 0.3) is 0 Å². The smallest absolute Gasteiger partial charge is 0.0856 e. The predicted octanol–water partition coefficient (Wildman–Crippen LogP) is 0.139. The minimum absolute atomic E-state index is 0.256. The zero-order valence-electron chi connectivity index (χ0n) is 6.38. The highest BCUT2D eigenvalue weighted by atomic mass is 16.6. The van der Waals surface area contributed by atoms with Crippen LogP contribution in [-0.2, 0) is 9.47 Å². The molecule has 0 aliphatic carbocycles. The average molecular weight is 145 g/mol. The summed E-state index contributed by atoms with van der Waals surface area (Å²) in [4.78, 5) is 0. The summed E-state index contributed by atoms with van der Waals surface area (Å²) in [5.41, 5.74) is 5.29. The molecule has 2 atom stereocenters. The first-order valence-corrected chi connectivity index (χ1v) is 3.78. The Morgan fingerprint density at radius 3 is 3.00 bits per heavy atom. The molecule has 10 heavy (non-hydrogen) atoms. The van der Waals surface area contributed by atoms with Gasteiger partial charge in [-0.1, -0.05) is 0 Å². The summed E-state index contributed by atoms with van der Waals surface area (Å²) in [5.74, 6) is 0. The van der Waals surface area contributed by atoms with E-state index < -0.39 is 0 Å². The summed E-state index contributed by atoms with van der Waals surface area (Å²) in [6.45, 7) is 4.12. The second-order valence-corrected chi connectivity index (χ2v) is 2.56. The number of rotatable bonds is 3. The fourth-order valence-electron chi connectivity index (χ4n) is 1.15. The quantitative estimate of drug-likeness (QED) is 0.614. The van der Waals surface area contributed by atoms with E-state index >= 15 is 0 Å². The Hall–Kier alpha value is -0.120. The molecule has 1 unspecified atom stereocenters. The van der Waals surface area contributed by atoms with Crippen molar-refractivity contribution in [2.24, 2.45) is 5.73 Å². The summed E-state index contributed by atoms with van der Waals surface area (Å²) in [5, 5.41) is 0. The molecule has 0 bridgehead atoms. The lowest BCUT2D eigenvalue weighted by molar-refractivity contribution is 0.00319. The van der Waals surface area contributed by atoms with Crippen LogP contribution in [0.15, 0.2) is 0 Å². The average Bonchev–Trinajstić information content (AvgIpc) is 2.31. The van der Waals surface area contributed by atoms with Crippen molar-refractivity contribution in [2.45, 2.75) is 25.6 Å². The topological polar surface area (TPSA) is 44.5 Å². The van der Waals surface area contributed by atoms with E-state index in [1.807, 2.05) is 6.92 Å². The number of hydrogen-bond donors (Lipinski definition) is 1. The van der Waals surface area contributed by atoms with E-state index in [0.29, 0.717) is 13.2 Å². The molecular formula is C7H15NO2. The minimum atomic E-state index is 0.256. The maximum absolute atomic E-state index is 5.41. The lowest BCUT2D eigenvalue weighted by atomic mass is 10.2. The molecule has 2 N–H and O–H groups in total. The van der Waals surface area contributed by atoms with Gasteiger partial charge in [0.05, 0.1) is 18.8 Å². The van der Waals surface area contributed by atoms with E-state index in [1.165, 1.54) is 0 Å². The summed E-state index contributed by atoms with van der Waals surface area (Å²) in [6, 6.07) is 0. The van der Waals surface area contributed by atoms with Crippen LogP contribution in [0.1, 0.15) is 13.3 Å². The van der Waals surface area contributed by atoms with Gasteiger partial charge in [-0.15, -0.1) is 0 Å². The molecule has 3 nitrogen and oxygen atoms in total. The van der Waals surface area contributed by atoms with Crippen LogP contribution in [0.3, 0.4) is 0 Å². The van der Waals surface area contributed by atoms with Crippen LogP contribution in [0, 0.1) is 0 Å². The van der Waals surface area contributed by atoms with Gasteiger partial charge in [-0.3, -0.25) is 0 Å². The van der Waals surface area contributed by atoms with Crippen LogP contribution >= 0.6 is 0 Å². The van der Waals surface area contributed by atoms with Crippen molar-refractivity contribution in [1.29, 1.82) is 0 Å². The molecular weight excluding hydrogens is 130 g/mol. The van der Waals surface area contributed by atoms with E-state index in [0.717, 1.165) is 13.0 Å². The Kier molecular flexibility index (Phi) is 3.12. The summed E-state index contributed by atoms with van der Waals surface area (Å²) < 4.78 is 10.7. The minimum Gasteiger partial charge on any atom is -0.376 e. The highest BCUT2D eigenvalue weighted by Gasteiger charge is 2.24. The fourth-order valence-corrected chi connectivity index (χ4v) is 1.15. The van der Waals surface area contributed by atoms with Crippen LogP contribution in [0.5, 0.6) is 0 Å². The maximum atomic E-state index is 5.41. The van der Waals surface area contributed by atoms with Gasteiger partial charge >= 0.3 is 0 Å². The van der Waals surface area contributed by atoms with Crippen LogP contribution in [0.2, 0.25) is 0 Å². The molecule has 1 heterocycles. The van der Waals surface area contributed by atoms with E-state index in [2.05, 4.69) is 0 Å². The molecule has 0 saturated carbocycles. The lowest BCUT2D eigenvalue weighted by Gasteiger charge is -2.13. The second-order valence-electron chi connectivity index (χ2n) is 2.56. The molecule has 1 saturated heterocycles. The first-order valence-electron chi connectivity index (χ1n) is 3.78. The molecule has 0 aromatic heterocycles. The molecule has 0 spiro atoms. The first kappa shape index (κ1) is 7.98. The summed E-state index contributed by atoms with van der Waals surface area (Å²) >= 11 is 0. The molecule has 1 aliphatic rings. The third kappa shape index (κ3) is 1.94. The van der Waals surface area contributed by atoms with Crippen molar-refractivity contribution in [3.8, 4) is 0 Å². The third-order valence-electron chi connectivity index (χ3n) is 1.76. The van der Waals surface area contributed by atoms with Crippen molar-refractivity contribution in [3.05, 3.63) is 0 Å². The monoisotopic (exact) mass is 145 g/mol. The summed E-state index contributed by atoms with van der Waals surface area (Å²) in [6.07, 6.45) is 1.55. The maximum Gasteiger partial charge on any atom is 0.0856 e. The van der Waals surface area contributed by atoms with Crippen molar-refractivity contribution in [3.63, 3.8) is 0 Å². The SMILES string of the molecule is C[C@H]1OCCC1OCCN. The molecule has 0 amide bonds. The van der Waals surface area contributed by atoms with Crippen molar-refractivity contribution < 1.29 is 9.47 Å². The van der Waals surface area contributed by atoms with Gasteiger partial charge in [0.2, 0.25) is 0 Å².